The standard InChI is InChI=1S/C20H27N3O.C16H25N5O3.3H2S/c1-13(2)15(4)20(24)23-11-5-6-18(23)19-21-12-17(22-19)16-9-7-14(3)8-10-16;1-10(2)13(20-16(23)24-4)14(22)21-6-5-12(9-21)19-15-17-7-11(3)8-18-15;;;/h7-10,12-13,15,18H,5-6,11H2,1-4H3,(H,21,22);7-8,10,12-13H,5-6,9H2,1-4H3,(H,20,23)(H,17,18,19);3*1H2/t15-,18-;12?,13-;;;/m00.../s1. The highest BCUT2D eigenvalue weighted by atomic mass is 32.1. The summed E-state index contributed by atoms with van der Waals surface area (Å²) in [5.41, 5.74) is 4.39. The van der Waals surface area contributed by atoms with E-state index < -0.39 is 12.1 Å². The second-order valence-electron chi connectivity index (χ2n) is 13.6. The van der Waals surface area contributed by atoms with Crippen LogP contribution in [0.1, 0.15) is 76.9 Å². The minimum atomic E-state index is -0.594. The molecule has 5 rings (SSSR count). The third kappa shape index (κ3) is 12.3. The quantitative estimate of drug-likeness (QED) is 0.246. The minimum absolute atomic E-state index is 0. The van der Waals surface area contributed by atoms with Gasteiger partial charge in [0.2, 0.25) is 17.8 Å². The van der Waals surface area contributed by atoms with E-state index in [-0.39, 0.29) is 76.2 Å². The highest BCUT2D eigenvalue weighted by molar-refractivity contribution is 7.59. The van der Waals surface area contributed by atoms with Gasteiger partial charge in [-0.3, -0.25) is 9.59 Å². The molecule has 15 heteroatoms. The molecule has 0 radical (unpaired) electrons. The van der Waals surface area contributed by atoms with Crippen molar-refractivity contribution < 1.29 is 19.1 Å². The third-order valence-corrected chi connectivity index (χ3v) is 9.20. The molecule has 1 unspecified atom stereocenters. The fourth-order valence-corrected chi connectivity index (χ4v) is 5.87. The predicted octanol–water partition coefficient (Wildman–Crippen LogP) is 5.86. The summed E-state index contributed by atoms with van der Waals surface area (Å²) in [7, 11) is 1.29. The maximum absolute atomic E-state index is 12.8. The van der Waals surface area contributed by atoms with E-state index >= 15 is 0 Å². The number of carbonyl (C=O) groups excluding carboxylic acids is 3. The molecule has 1 aromatic carbocycles. The van der Waals surface area contributed by atoms with E-state index in [1.165, 1.54) is 12.7 Å². The van der Waals surface area contributed by atoms with Gasteiger partial charge in [-0.15, -0.1) is 0 Å². The van der Waals surface area contributed by atoms with Crippen LogP contribution in [0, 0.1) is 31.6 Å². The molecule has 4 heterocycles. The number of amides is 3. The molecule has 51 heavy (non-hydrogen) atoms. The van der Waals surface area contributed by atoms with Gasteiger partial charge in [0.05, 0.1) is 25.0 Å². The normalized spacial score (nSPS) is 17.6. The zero-order valence-electron chi connectivity index (χ0n) is 31.1. The van der Waals surface area contributed by atoms with Crippen molar-refractivity contribution in [2.45, 2.75) is 85.9 Å². The number of benzene rings is 1. The Balaban J connectivity index is 0.000000482. The van der Waals surface area contributed by atoms with Gasteiger partial charge < -0.3 is 30.2 Å². The van der Waals surface area contributed by atoms with E-state index in [2.05, 4.69) is 80.3 Å². The molecule has 3 amide bonds. The van der Waals surface area contributed by atoms with Crippen LogP contribution in [-0.2, 0) is 14.3 Å². The predicted molar refractivity (Wildman–Crippen MR) is 217 cm³/mol. The second kappa shape index (κ2) is 21.2. The van der Waals surface area contributed by atoms with Crippen molar-refractivity contribution in [2.24, 2.45) is 17.8 Å². The lowest BCUT2D eigenvalue weighted by Gasteiger charge is -2.27. The van der Waals surface area contributed by atoms with Crippen LogP contribution in [0.5, 0.6) is 0 Å². The van der Waals surface area contributed by atoms with Crippen LogP contribution < -0.4 is 10.6 Å². The monoisotopic (exact) mass is 762 g/mol. The Kier molecular flexibility index (Phi) is 18.9. The molecule has 2 fully saturated rings. The number of rotatable bonds is 9. The topological polar surface area (TPSA) is 145 Å². The van der Waals surface area contributed by atoms with Gasteiger partial charge in [-0.2, -0.15) is 40.5 Å². The van der Waals surface area contributed by atoms with Crippen LogP contribution in [0.15, 0.2) is 42.9 Å². The number of carbonyl (C=O) groups is 3. The summed E-state index contributed by atoms with van der Waals surface area (Å²) in [6.45, 7) is 16.1. The molecule has 0 spiro atoms. The Morgan fingerprint density at radius 1 is 0.843 bits per heavy atom. The lowest BCUT2D eigenvalue weighted by molar-refractivity contribution is -0.137. The summed E-state index contributed by atoms with van der Waals surface area (Å²) in [5.74, 6) is 2.02. The summed E-state index contributed by atoms with van der Waals surface area (Å²) in [5, 5.41) is 5.86. The number of H-pyrrole nitrogens is 1. The summed E-state index contributed by atoms with van der Waals surface area (Å²) >= 11 is 0. The van der Waals surface area contributed by atoms with Crippen molar-refractivity contribution in [2.75, 3.05) is 32.1 Å². The molecular formula is C36H58N8O4S3. The van der Waals surface area contributed by atoms with E-state index in [1.807, 2.05) is 38.8 Å². The van der Waals surface area contributed by atoms with Gasteiger partial charge in [0.1, 0.15) is 11.9 Å². The lowest BCUT2D eigenvalue weighted by atomic mass is 9.96. The smallest absolute Gasteiger partial charge is 0.407 e. The number of aryl methyl sites for hydroxylation is 2. The number of alkyl carbamates (subject to hydrolysis) is 1. The van der Waals surface area contributed by atoms with E-state index in [1.54, 1.807) is 17.3 Å². The van der Waals surface area contributed by atoms with Gasteiger partial charge in [-0.25, -0.2) is 19.7 Å². The number of likely N-dealkylation sites (tertiary alicyclic amines) is 2. The molecular weight excluding hydrogens is 705 g/mol. The van der Waals surface area contributed by atoms with Crippen LogP contribution in [0.4, 0.5) is 10.7 Å². The van der Waals surface area contributed by atoms with E-state index in [0.29, 0.717) is 25.0 Å². The van der Waals surface area contributed by atoms with Crippen molar-refractivity contribution in [1.29, 1.82) is 0 Å². The first-order chi connectivity index (χ1) is 22.9. The van der Waals surface area contributed by atoms with Crippen LogP contribution in [-0.4, -0.2) is 86.5 Å². The van der Waals surface area contributed by atoms with E-state index in [0.717, 1.165) is 48.5 Å². The number of imidazole rings is 1. The number of nitrogens with zero attached hydrogens (tertiary/aromatic N) is 5. The number of aromatic nitrogens is 4. The van der Waals surface area contributed by atoms with Crippen LogP contribution >= 0.6 is 40.5 Å². The molecule has 0 bridgehead atoms. The van der Waals surface area contributed by atoms with Gasteiger partial charge in [0, 0.05) is 44.0 Å². The Labute approximate surface area is 324 Å². The van der Waals surface area contributed by atoms with Crippen LogP contribution in [0.2, 0.25) is 0 Å². The van der Waals surface area contributed by atoms with Crippen molar-refractivity contribution in [3.63, 3.8) is 0 Å². The molecule has 0 aliphatic carbocycles. The lowest BCUT2D eigenvalue weighted by Crippen LogP contribution is -2.51. The first-order valence-electron chi connectivity index (χ1n) is 17.0. The van der Waals surface area contributed by atoms with Crippen LogP contribution in [0.3, 0.4) is 0 Å². The Bertz CT molecular complexity index is 1520. The van der Waals surface area contributed by atoms with E-state index in [9.17, 15) is 14.4 Å². The highest BCUT2D eigenvalue weighted by Crippen LogP contribution is 2.33. The Morgan fingerprint density at radius 3 is 2.08 bits per heavy atom. The SMILES string of the molecule is COC(=O)N[C@H](C(=O)N1CCC(Nc2ncc(C)cn2)C1)C(C)C.Cc1ccc(-c2cnc([C@@H]3CCCN3C(=O)[C@@H](C)C(C)C)[nH]2)cc1.S.S.S. The number of hydrogen-bond donors (Lipinski definition) is 3. The zero-order valence-corrected chi connectivity index (χ0v) is 34.1. The fraction of sp³-hybridized carbons (Fsp3) is 0.556. The van der Waals surface area contributed by atoms with Gasteiger partial charge in [0.15, 0.2) is 0 Å². The van der Waals surface area contributed by atoms with Crippen molar-refractivity contribution in [1.82, 2.24) is 35.1 Å². The summed E-state index contributed by atoms with van der Waals surface area (Å²) in [6.07, 6.45) is 7.63. The average molecular weight is 763 g/mol. The molecule has 2 aromatic heterocycles. The number of hydrogen-bond acceptors (Lipinski definition) is 8. The zero-order chi connectivity index (χ0) is 35.0. The number of nitrogens with one attached hydrogen (secondary N) is 3. The first kappa shape index (κ1) is 45.6. The summed E-state index contributed by atoms with van der Waals surface area (Å²) in [6, 6.07) is 8.00. The van der Waals surface area contributed by atoms with Crippen molar-refractivity contribution in [3.8, 4) is 11.3 Å². The van der Waals surface area contributed by atoms with Crippen molar-refractivity contribution >= 4 is 64.3 Å². The molecule has 4 atom stereocenters. The third-order valence-electron chi connectivity index (χ3n) is 9.20. The molecule has 2 saturated heterocycles. The van der Waals surface area contributed by atoms with Crippen LogP contribution in [0.25, 0.3) is 11.3 Å². The van der Waals surface area contributed by atoms with Gasteiger partial charge in [0.25, 0.3) is 0 Å². The highest BCUT2D eigenvalue weighted by Gasteiger charge is 2.35. The molecule has 0 saturated carbocycles. The molecule has 2 aliphatic rings. The second-order valence-corrected chi connectivity index (χ2v) is 13.6. The maximum Gasteiger partial charge on any atom is 0.407 e. The number of aromatic amines is 1. The van der Waals surface area contributed by atoms with Gasteiger partial charge in [-0.1, -0.05) is 64.4 Å². The molecule has 12 nitrogen and oxygen atoms in total. The fourth-order valence-electron chi connectivity index (χ4n) is 5.87. The molecule has 3 aromatic rings. The van der Waals surface area contributed by atoms with Gasteiger partial charge in [-0.05, 0) is 56.1 Å². The molecule has 2 aliphatic heterocycles. The molecule has 3 N–H and O–H groups in total. The Morgan fingerprint density at radius 2 is 1.49 bits per heavy atom. The Hall–Kier alpha value is -3.43. The largest absolute Gasteiger partial charge is 0.453 e. The summed E-state index contributed by atoms with van der Waals surface area (Å²) < 4.78 is 4.60. The summed E-state index contributed by atoms with van der Waals surface area (Å²) in [4.78, 5) is 57.1. The van der Waals surface area contributed by atoms with Gasteiger partial charge >= 0.3 is 6.09 Å². The number of ether oxygens (including phenoxy) is 1. The number of anilines is 1. The van der Waals surface area contributed by atoms with Crippen molar-refractivity contribution in [3.05, 3.63) is 59.8 Å². The van der Waals surface area contributed by atoms with E-state index in [4.69, 9.17) is 0 Å². The number of methoxy groups -OCH3 is 1. The first-order valence-corrected chi connectivity index (χ1v) is 17.0. The maximum atomic E-state index is 12.8. The molecule has 284 valence electrons. The average Bonchev–Trinajstić information content (AvgIpc) is 3.85. The minimum Gasteiger partial charge on any atom is -0.453 e.